The van der Waals surface area contributed by atoms with Gasteiger partial charge >= 0.3 is 5.91 Å². The highest BCUT2D eigenvalue weighted by Crippen LogP contribution is 2.06. The van der Waals surface area contributed by atoms with Crippen LogP contribution in [-0.4, -0.2) is 12.1 Å². The summed E-state index contributed by atoms with van der Waals surface area (Å²) in [6.07, 6.45) is 4.58. The fraction of sp³-hybridized carbons (Fsp3) is 0.222. The van der Waals surface area contributed by atoms with E-state index >= 15 is 0 Å². The van der Waals surface area contributed by atoms with Crippen molar-refractivity contribution in [3.05, 3.63) is 59.5 Å². The number of nitrogens with zero attached hydrogens (tertiary/aromatic N) is 1. The van der Waals surface area contributed by atoms with Crippen molar-refractivity contribution in [2.24, 2.45) is 5.10 Å². The van der Waals surface area contributed by atoms with Crippen molar-refractivity contribution >= 4 is 12.1 Å². The van der Waals surface area contributed by atoms with Crippen LogP contribution < -0.4 is 5.43 Å². The summed E-state index contributed by atoms with van der Waals surface area (Å²) in [7, 11) is 0. The first-order valence-corrected chi connectivity index (χ1v) is 7.26. The van der Waals surface area contributed by atoms with Crippen LogP contribution in [0.3, 0.4) is 0 Å². The number of unbranched alkanes of at least 4 members (excludes halogenated alkanes) is 2. The predicted octanol–water partition coefficient (Wildman–Crippen LogP) is 3.59. The Morgan fingerprint density at radius 2 is 2.09 bits per heavy atom. The number of carbonyl (C=O) groups is 1. The molecule has 112 valence electrons. The van der Waals surface area contributed by atoms with Gasteiger partial charge in [-0.2, -0.15) is 5.10 Å². The highest BCUT2D eigenvalue weighted by molar-refractivity contribution is 5.92. The van der Waals surface area contributed by atoms with Crippen LogP contribution in [0.2, 0.25) is 0 Å². The zero-order valence-electron chi connectivity index (χ0n) is 12.5. The van der Waals surface area contributed by atoms with Crippen molar-refractivity contribution in [2.75, 3.05) is 0 Å². The lowest BCUT2D eigenvalue weighted by Gasteiger charge is -1.95. The topological polar surface area (TPSA) is 54.6 Å². The molecule has 0 saturated heterocycles. The van der Waals surface area contributed by atoms with Gasteiger partial charge in [0.15, 0.2) is 11.5 Å². The van der Waals surface area contributed by atoms with Crippen molar-refractivity contribution in [3.63, 3.8) is 0 Å². The lowest BCUT2D eigenvalue weighted by Crippen LogP contribution is -2.16. The van der Waals surface area contributed by atoms with Crippen LogP contribution in [0.5, 0.6) is 0 Å². The van der Waals surface area contributed by atoms with Gasteiger partial charge in [0.05, 0.1) is 6.21 Å². The summed E-state index contributed by atoms with van der Waals surface area (Å²) >= 11 is 0. The third-order valence-electron chi connectivity index (χ3n) is 2.88. The van der Waals surface area contributed by atoms with Gasteiger partial charge in [0.25, 0.3) is 0 Å². The Kier molecular flexibility index (Phi) is 6.01. The van der Waals surface area contributed by atoms with Crippen LogP contribution in [0.4, 0.5) is 0 Å². The number of carbonyl (C=O) groups excluding carboxylic acids is 1. The molecule has 0 fully saturated rings. The second-order valence-electron chi connectivity index (χ2n) is 4.68. The molecule has 0 radical (unpaired) electrons. The molecule has 4 heteroatoms. The maximum atomic E-state index is 11.9. The summed E-state index contributed by atoms with van der Waals surface area (Å²) < 4.78 is 5.37. The number of benzene rings is 1. The fourth-order valence-electron chi connectivity index (χ4n) is 1.70. The van der Waals surface area contributed by atoms with E-state index in [-0.39, 0.29) is 5.76 Å². The lowest BCUT2D eigenvalue weighted by molar-refractivity contribution is 0.0927. The van der Waals surface area contributed by atoms with E-state index in [9.17, 15) is 4.79 Å². The quantitative estimate of drug-likeness (QED) is 0.396. The Balaban J connectivity index is 1.89. The van der Waals surface area contributed by atoms with Crippen LogP contribution in [0.15, 0.2) is 52.0 Å². The summed E-state index contributed by atoms with van der Waals surface area (Å²) in [6.45, 7) is 2.12. The van der Waals surface area contributed by atoms with Crippen LogP contribution >= 0.6 is 0 Å². The maximum absolute atomic E-state index is 11.9. The fourth-order valence-corrected chi connectivity index (χ4v) is 1.70. The van der Waals surface area contributed by atoms with Gasteiger partial charge in [-0.1, -0.05) is 49.6 Å². The van der Waals surface area contributed by atoms with Gasteiger partial charge in [-0.15, -0.1) is 0 Å². The van der Waals surface area contributed by atoms with Crippen molar-refractivity contribution < 1.29 is 9.21 Å². The Labute approximate surface area is 130 Å². The lowest BCUT2D eigenvalue weighted by atomic mass is 10.2. The van der Waals surface area contributed by atoms with E-state index in [2.05, 4.69) is 29.3 Å². The second-order valence-corrected chi connectivity index (χ2v) is 4.68. The molecule has 4 nitrogen and oxygen atoms in total. The van der Waals surface area contributed by atoms with E-state index in [4.69, 9.17) is 4.42 Å². The Morgan fingerprint density at radius 3 is 2.86 bits per heavy atom. The summed E-state index contributed by atoms with van der Waals surface area (Å²) in [5.74, 6) is 6.21. The van der Waals surface area contributed by atoms with Gasteiger partial charge in [-0.05, 0) is 30.0 Å². The molecule has 22 heavy (non-hydrogen) atoms. The summed E-state index contributed by atoms with van der Waals surface area (Å²) in [6, 6.07) is 12.8. The van der Waals surface area contributed by atoms with Crippen LogP contribution in [-0.2, 0) is 0 Å². The molecule has 1 heterocycles. The third-order valence-corrected chi connectivity index (χ3v) is 2.88. The number of furan rings is 1. The van der Waals surface area contributed by atoms with Crippen LogP contribution in [0, 0.1) is 11.8 Å². The monoisotopic (exact) mass is 294 g/mol. The van der Waals surface area contributed by atoms with E-state index in [1.807, 2.05) is 30.3 Å². The average molecular weight is 294 g/mol. The number of hydrogen-bond donors (Lipinski definition) is 1. The normalized spacial score (nSPS) is 10.2. The molecular weight excluding hydrogens is 276 g/mol. The molecule has 0 aliphatic rings. The predicted molar refractivity (Wildman–Crippen MR) is 86.6 cm³/mol. The minimum absolute atomic E-state index is 0.199. The molecule has 0 atom stereocenters. The SMILES string of the molecule is CCCCC#Cc1ccc(C(=O)N/N=C/c2ccccc2)o1. The van der Waals surface area contributed by atoms with Crippen molar-refractivity contribution in [1.82, 2.24) is 5.43 Å². The van der Waals surface area contributed by atoms with Crippen molar-refractivity contribution in [1.29, 1.82) is 0 Å². The molecule has 0 spiro atoms. The number of hydrogen-bond acceptors (Lipinski definition) is 3. The first-order chi connectivity index (χ1) is 10.8. The largest absolute Gasteiger partial charge is 0.443 e. The van der Waals surface area contributed by atoms with Crippen LogP contribution in [0.1, 0.15) is 48.1 Å². The first kappa shape index (κ1) is 15.6. The molecule has 1 N–H and O–H groups in total. The van der Waals surface area contributed by atoms with Gasteiger partial charge in [-0.3, -0.25) is 4.79 Å². The van der Waals surface area contributed by atoms with Crippen LogP contribution in [0.25, 0.3) is 0 Å². The molecule has 1 amide bonds. The van der Waals surface area contributed by atoms with E-state index < -0.39 is 5.91 Å². The van der Waals surface area contributed by atoms with Gasteiger partial charge < -0.3 is 4.42 Å². The standard InChI is InChI=1S/C18H18N2O2/c1-2-3-4-8-11-16-12-13-17(22-16)18(21)20-19-14-15-9-6-5-7-10-15/h5-7,9-10,12-14H,2-4H2,1H3,(H,20,21)/b19-14+. The summed E-state index contributed by atoms with van der Waals surface area (Å²) in [4.78, 5) is 11.9. The van der Waals surface area contributed by atoms with Crippen molar-refractivity contribution in [2.45, 2.75) is 26.2 Å². The van der Waals surface area contributed by atoms with E-state index in [0.717, 1.165) is 24.8 Å². The number of amides is 1. The van der Waals surface area contributed by atoms with E-state index in [1.165, 1.54) is 0 Å². The van der Waals surface area contributed by atoms with Gasteiger partial charge in [-0.25, -0.2) is 5.43 Å². The van der Waals surface area contributed by atoms with Gasteiger partial charge in [0.2, 0.25) is 0 Å². The van der Waals surface area contributed by atoms with Gasteiger partial charge in [0.1, 0.15) is 0 Å². The molecule has 0 aliphatic carbocycles. The smallest absolute Gasteiger partial charge is 0.307 e. The number of hydrazone groups is 1. The minimum Gasteiger partial charge on any atom is -0.443 e. The van der Waals surface area contributed by atoms with E-state index in [0.29, 0.717) is 5.76 Å². The molecule has 1 aromatic carbocycles. The molecule has 2 rings (SSSR count). The highest BCUT2D eigenvalue weighted by atomic mass is 16.3. The minimum atomic E-state index is -0.395. The molecule has 1 aromatic heterocycles. The Hall–Kier alpha value is -2.80. The molecular formula is C18H18N2O2. The number of rotatable bonds is 5. The Bertz CT molecular complexity index is 691. The van der Waals surface area contributed by atoms with Crippen molar-refractivity contribution in [3.8, 4) is 11.8 Å². The zero-order valence-corrected chi connectivity index (χ0v) is 12.5. The first-order valence-electron chi connectivity index (χ1n) is 7.26. The second kappa shape index (κ2) is 8.48. The maximum Gasteiger partial charge on any atom is 0.307 e. The molecule has 0 unspecified atom stereocenters. The number of nitrogens with one attached hydrogen (secondary N) is 1. The average Bonchev–Trinajstić information content (AvgIpc) is 3.01. The summed E-state index contributed by atoms with van der Waals surface area (Å²) in [5.41, 5.74) is 3.33. The molecule has 0 aliphatic heterocycles. The third kappa shape index (κ3) is 4.95. The molecule has 0 bridgehead atoms. The highest BCUT2D eigenvalue weighted by Gasteiger charge is 2.08. The molecule has 2 aromatic rings. The molecule has 0 saturated carbocycles. The van der Waals surface area contributed by atoms with E-state index in [1.54, 1.807) is 18.3 Å². The Morgan fingerprint density at radius 1 is 1.27 bits per heavy atom. The summed E-state index contributed by atoms with van der Waals surface area (Å²) in [5, 5.41) is 3.89. The zero-order chi connectivity index (χ0) is 15.6. The van der Waals surface area contributed by atoms with Gasteiger partial charge in [0, 0.05) is 6.42 Å².